The molecular formula is C15H20ClNO3S. The van der Waals surface area contributed by atoms with Gasteiger partial charge in [-0.2, -0.15) is 0 Å². The van der Waals surface area contributed by atoms with E-state index in [9.17, 15) is 9.59 Å². The highest BCUT2D eigenvalue weighted by atomic mass is 35.5. The Morgan fingerprint density at radius 3 is 2.52 bits per heavy atom. The summed E-state index contributed by atoms with van der Waals surface area (Å²) in [4.78, 5) is 25.2. The van der Waals surface area contributed by atoms with Crippen molar-refractivity contribution in [3.8, 4) is 0 Å². The summed E-state index contributed by atoms with van der Waals surface area (Å²) in [5.74, 6) is -0.592. The number of carbonyl (C=O) groups is 2. The van der Waals surface area contributed by atoms with Crippen LogP contribution in [-0.4, -0.2) is 41.2 Å². The molecule has 21 heavy (non-hydrogen) atoms. The Balaban J connectivity index is 2.24. The van der Waals surface area contributed by atoms with E-state index in [0.717, 1.165) is 17.1 Å². The molecular weight excluding hydrogens is 310 g/mol. The third kappa shape index (κ3) is 6.87. The molecule has 1 rings (SSSR count). The second-order valence-electron chi connectivity index (χ2n) is 4.92. The second-order valence-corrected chi connectivity index (χ2v) is 6.52. The number of amides is 1. The first kappa shape index (κ1) is 17.9. The Hall–Kier alpha value is -1.20. The maximum Gasteiger partial charge on any atom is 0.308 e. The second kappa shape index (κ2) is 8.95. The molecule has 0 fully saturated rings. The van der Waals surface area contributed by atoms with Crippen molar-refractivity contribution in [3.05, 3.63) is 29.3 Å². The number of carboxylic acids is 1. The first-order valence-electron chi connectivity index (χ1n) is 6.75. The maximum atomic E-state index is 11.9. The standard InChI is InChI=1S/C15H20ClNO3S/c1-11(15(19)20)10-17(2)14(18)4-3-9-21-13-7-5-12(16)6-8-13/h5-8,11H,3-4,9-10H2,1-2H3,(H,19,20). The normalized spacial score (nSPS) is 12.0. The number of aliphatic carboxylic acids is 1. The van der Waals surface area contributed by atoms with Gasteiger partial charge in [-0.1, -0.05) is 18.5 Å². The molecule has 0 saturated carbocycles. The fourth-order valence-electron chi connectivity index (χ4n) is 1.73. The van der Waals surface area contributed by atoms with Crippen molar-refractivity contribution in [1.82, 2.24) is 4.90 Å². The Morgan fingerprint density at radius 2 is 1.95 bits per heavy atom. The number of halogens is 1. The Morgan fingerprint density at radius 1 is 1.33 bits per heavy atom. The van der Waals surface area contributed by atoms with Crippen molar-refractivity contribution in [2.24, 2.45) is 5.92 Å². The molecule has 0 aliphatic rings. The van der Waals surface area contributed by atoms with Crippen molar-refractivity contribution >= 4 is 35.2 Å². The van der Waals surface area contributed by atoms with E-state index >= 15 is 0 Å². The number of carboxylic acid groups (broad SMARTS) is 1. The van der Waals surface area contributed by atoms with Crippen LogP contribution < -0.4 is 0 Å². The average molecular weight is 330 g/mol. The minimum absolute atomic E-state index is 0.0141. The van der Waals surface area contributed by atoms with Gasteiger partial charge in [-0.05, 0) is 36.4 Å². The van der Waals surface area contributed by atoms with Gasteiger partial charge in [0, 0.05) is 29.9 Å². The molecule has 0 heterocycles. The molecule has 1 amide bonds. The molecule has 1 atom stereocenters. The summed E-state index contributed by atoms with van der Waals surface area (Å²) < 4.78 is 0. The summed E-state index contributed by atoms with van der Waals surface area (Å²) in [6.07, 6.45) is 1.20. The van der Waals surface area contributed by atoms with Crippen molar-refractivity contribution in [2.75, 3.05) is 19.3 Å². The van der Waals surface area contributed by atoms with E-state index in [-0.39, 0.29) is 12.5 Å². The molecule has 0 aliphatic heterocycles. The number of carbonyl (C=O) groups excluding carboxylic acids is 1. The van der Waals surface area contributed by atoms with Gasteiger partial charge in [-0.25, -0.2) is 0 Å². The van der Waals surface area contributed by atoms with Crippen molar-refractivity contribution in [2.45, 2.75) is 24.7 Å². The summed E-state index contributed by atoms with van der Waals surface area (Å²) >= 11 is 7.49. The van der Waals surface area contributed by atoms with Gasteiger partial charge in [-0.3, -0.25) is 9.59 Å². The Kier molecular flexibility index (Phi) is 7.61. The van der Waals surface area contributed by atoms with Gasteiger partial charge in [-0.15, -0.1) is 11.8 Å². The van der Waals surface area contributed by atoms with Gasteiger partial charge >= 0.3 is 5.97 Å². The molecule has 6 heteroatoms. The van der Waals surface area contributed by atoms with Gasteiger partial charge in [0.05, 0.1) is 5.92 Å². The van der Waals surface area contributed by atoms with E-state index < -0.39 is 11.9 Å². The lowest BCUT2D eigenvalue weighted by Gasteiger charge is -2.19. The molecule has 0 bridgehead atoms. The first-order valence-corrected chi connectivity index (χ1v) is 8.11. The summed E-state index contributed by atoms with van der Waals surface area (Å²) in [5.41, 5.74) is 0. The molecule has 0 aliphatic carbocycles. The quantitative estimate of drug-likeness (QED) is 0.586. The Bertz CT molecular complexity index is 478. The van der Waals surface area contributed by atoms with E-state index in [2.05, 4.69) is 0 Å². The van der Waals surface area contributed by atoms with Crippen LogP contribution >= 0.6 is 23.4 Å². The molecule has 0 aromatic heterocycles. The molecule has 1 N–H and O–H groups in total. The largest absolute Gasteiger partial charge is 0.481 e. The molecule has 1 aromatic rings. The van der Waals surface area contributed by atoms with E-state index in [1.807, 2.05) is 24.3 Å². The highest BCUT2D eigenvalue weighted by Crippen LogP contribution is 2.21. The number of benzene rings is 1. The number of rotatable bonds is 8. The minimum Gasteiger partial charge on any atom is -0.481 e. The highest BCUT2D eigenvalue weighted by Gasteiger charge is 2.16. The van der Waals surface area contributed by atoms with Crippen LogP contribution in [0, 0.1) is 5.92 Å². The van der Waals surface area contributed by atoms with Crippen molar-refractivity contribution in [1.29, 1.82) is 0 Å². The number of thioether (sulfide) groups is 1. The van der Waals surface area contributed by atoms with Crippen LogP contribution in [0.5, 0.6) is 0 Å². The van der Waals surface area contributed by atoms with E-state index in [4.69, 9.17) is 16.7 Å². The third-order valence-corrected chi connectivity index (χ3v) is 4.36. The van der Waals surface area contributed by atoms with E-state index in [0.29, 0.717) is 11.4 Å². The number of hydrogen-bond donors (Lipinski definition) is 1. The van der Waals surface area contributed by atoms with Crippen LogP contribution in [0.1, 0.15) is 19.8 Å². The lowest BCUT2D eigenvalue weighted by atomic mass is 10.1. The summed E-state index contributed by atoms with van der Waals surface area (Å²) in [6, 6.07) is 7.59. The Labute approximate surface area is 134 Å². The molecule has 4 nitrogen and oxygen atoms in total. The molecule has 0 saturated heterocycles. The average Bonchev–Trinajstić information content (AvgIpc) is 2.44. The lowest BCUT2D eigenvalue weighted by molar-refractivity contribution is -0.142. The number of nitrogens with zero attached hydrogens (tertiary/aromatic N) is 1. The zero-order valence-electron chi connectivity index (χ0n) is 12.2. The van der Waals surface area contributed by atoms with Crippen LogP contribution in [0.3, 0.4) is 0 Å². The lowest BCUT2D eigenvalue weighted by Crippen LogP contribution is -2.33. The molecule has 0 radical (unpaired) electrons. The van der Waals surface area contributed by atoms with E-state index in [1.54, 1.807) is 25.7 Å². The molecule has 1 aromatic carbocycles. The zero-order chi connectivity index (χ0) is 15.8. The molecule has 116 valence electrons. The van der Waals surface area contributed by atoms with Crippen LogP contribution in [0.4, 0.5) is 0 Å². The van der Waals surface area contributed by atoms with Crippen LogP contribution in [0.2, 0.25) is 5.02 Å². The van der Waals surface area contributed by atoms with Crippen LogP contribution in [-0.2, 0) is 9.59 Å². The van der Waals surface area contributed by atoms with Gasteiger partial charge < -0.3 is 10.0 Å². The summed E-state index contributed by atoms with van der Waals surface area (Å²) in [6.45, 7) is 1.85. The fraction of sp³-hybridized carbons (Fsp3) is 0.467. The predicted octanol–water partition coefficient (Wildman–Crippen LogP) is 3.39. The van der Waals surface area contributed by atoms with Crippen molar-refractivity contribution < 1.29 is 14.7 Å². The monoisotopic (exact) mass is 329 g/mol. The third-order valence-electron chi connectivity index (χ3n) is 3.01. The van der Waals surface area contributed by atoms with Gasteiger partial charge in [0.25, 0.3) is 0 Å². The zero-order valence-corrected chi connectivity index (χ0v) is 13.8. The minimum atomic E-state index is -0.882. The maximum absolute atomic E-state index is 11.9. The number of hydrogen-bond acceptors (Lipinski definition) is 3. The first-order chi connectivity index (χ1) is 9.90. The topological polar surface area (TPSA) is 57.6 Å². The summed E-state index contributed by atoms with van der Waals surface area (Å²) in [7, 11) is 1.65. The summed E-state index contributed by atoms with van der Waals surface area (Å²) in [5, 5.41) is 9.53. The van der Waals surface area contributed by atoms with Gasteiger partial charge in [0.1, 0.15) is 0 Å². The molecule has 0 spiro atoms. The van der Waals surface area contributed by atoms with E-state index in [1.165, 1.54) is 4.90 Å². The van der Waals surface area contributed by atoms with Crippen LogP contribution in [0.25, 0.3) is 0 Å². The van der Waals surface area contributed by atoms with Crippen LogP contribution in [0.15, 0.2) is 29.2 Å². The SMILES string of the molecule is CC(CN(C)C(=O)CCCSc1ccc(Cl)cc1)C(=O)O. The smallest absolute Gasteiger partial charge is 0.308 e. The van der Waals surface area contributed by atoms with Crippen molar-refractivity contribution in [3.63, 3.8) is 0 Å². The van der Waals surface area contributed by atoms with Gasteiger partial charge in [0.2, 0.25) is 5.91 Å². The fourth-order valence-corrected chi connectivity index (χ4v) is 2.70. The highest BCUT2D eigenvalue weighted by molar-refractivity contribution is 7.99. The van der Waals surface area contributed by atoms with Gasteiger partial charge in [0.15, 0.2) is 0 Å². The predicted molar refractivity (Wildman–Crippen MR) is 85.8 cm³/mol. The molecule has 1 unspecified atom stereocenters.